The molecule has 0 amide bonds. The first-order chi connectivity index (χ1) is 6.24. The van der Waals surface area contributed by atoms with Gasteiger partial charge >= 0.3 is 0 Å². The Hall–Kier alpha value is -0.470. The van der Waals surface area contributed by atoms with Crippen LogP contribution in [0.25, 0.3) is 0 Å². The summed E-state index contributed by atoms with van der Waals surface area (Å²) in [5.41, 5.74) is 4.28. The topological polar surface area (TPSA) is 26.0 Å². The van der Waals surface area contributed by atoms with Gasteiger partial charge in [-0.1, -0.05) is 19.9 Å². The Balaban J connectivity index is 3.27. The first-order valence-electron chi connectivity index (χ1n) is 4.72. The lowest BCUT2D eigenvalue weighted by Crippen LogP contribution is -1.98. The molecule has 0 aliphatic heterocycles. The van der Waals surface area contributed by atoms with E-state index in [1.165, 1.54) is 33.5 Å². The van der Waals surface area contributed by atoms with Crippen molar-refractivity contribution in [3.8, 4) is 0 Å². The minimum Gasteiger partial charge on any atom is -0.274 e. The van der Waals surface area contributed by atoms with Gasteiger partial charge in [0.05, 0.1) is 0 Å². The molecule has 0 fully saturated rings. The predicted octanol–water partition coefficient (Wildman–Crippen LogP) is 3.09. The smallest absolute Gasteiger partial charge is 0.0260 e. The number of rotatable bonds is 3. The zero-order valence-electron chi connectivity index (χ0n) is 8.55. The predicted molar refractivity (Wildman–Crippen MR) is 60.0 cm³/mol. The lowest BCUT2D eigenvalue weighted by molar-refractivity contribution is 0.981. The highest BCUT2D eigenvalue weighted by Crippen LogP contribution is 2.25. The van der Waals surface area contributed by atoms with E-state index in [0.29, 0.717) is 0 Å². The van der Waals surface area contributed by atoms with E-state index in [0.717, 1.165) is 12.8 Å². The molecule has 0 radical (unpaired) electrons. The molecule has 72 valence electrons. The lowest BCUT2D eigenvalue weighted by Gasteiger charge is -2.13. The molecule has 0 unspecified atom stereocenters. The van der Waals surface area contributed by atoms with Gasteiger partial charge in [0.1, 0.15) is 0 Å². The van der Waals surface area contributed by atoms with Crippen molar-refractivity contribution in [3.63, 3.8) is 0 Å². The van der Waals surface area contributed by atoms with Gasteiger partial charge < -0.3 is 0 Å². The fourth-order valence-electron chi connectivity index (χ4n) is 1.78. The monoisotopic (exact) mass is 195 g/mol. The Bertz CT molecular complexity index is 294. The van der Waals surface area contributed by atoms with Crippen molar-refractivity contribution in [2.24, 2.45) is 5.14 Å². The van der Waals surface area contributed by atoms with Crippen molar-refractivity contribution in [1.29, 1.82) is 0 Å². The third-order valence-corrected chi connectivity index (χ3v) is 3.09. The van der Waals surface area contributed by atoms with E-state index in [-0.39, 0.29) is 0 Å². The molecule has 1 rings (SSSR count). The second-order valence-electron chi connectivity index (χ2n) is 3.16. The number of hydrogen-bond acceptors (Lipinski definition) is 2. The molecule has 0 aliphatic rings. The summed E-state index contributed by atoms with van der Waals surface area (Å²) in [4.78, 5) is 1.23. The maximum atomic E-state index is 5.62. The van der Waals surface area contributed by atoms with Crippen molar-refractivity contribution in [3.05, 3.63) is 28.8 Å². The van der Waals surface area contributed by atoms with E-state index >= 15 is 0 Å². The van der Waals surface area contributed by atoms with Crippen LogP contribution in [-0.2, 0) is 12.8 Å². The van der Waals surface area contributed by atoms with Gasteiger partial charge in [-0.2, -0.15) is 0 Å². The lowest BCUT2D eigenvalue weighted by atomic mass is 9.98. The van der Waals surface area contributed by atoms with Crippen LogP contribution in [0.5, 0.6) is 0 Å². The number of benzene rings is 1. The molecule has 0 spiro atoms. The van der Waals surface area contributed by atoms with Crippen LogP contribution in [0.3, 0.4) is 0 Å². The van der Waals surface area contributed by atoms with E-state index in [9.17, 15) is 0 Å². The quantitative estimate of drug-likeness (QED) is 0.750. The molecule has 1 nitrogen and oxygen atoms in total. The summed E-state index contributed by atoms with van der Waals surface area (Å²) in [7, 11) is 0. The third kappa shape index (κ3) is 2.06. The number of hydrogen-bond donors (Lipinski definition) is 1. The highest BCUT2D eigenvalue weighted by atomic mass is 32.2. The maximum absolute atomic E-state index is 5.62. The second kappa shape index (κ2) is 4.68. The van der Waals surface area contributed by atoms with Crippen LogP contribution in [0, 0.1) is 6.92 Å². The molecule has 1 aromatic rings. The summed E-state index contributed by atoms with van der Waals surface area (Å²) in [6, 6.07) is 4.28. The van der Waals surface area contributed by atoms with Crippen LogP contribution in [0.15, 0.2) is 17.0 Å². The van der Waals surface area contributed by atoms with Crippen LogP contribution in [-0.4, -0.2) is 0 Å². The Morgan fingerprint density at radius 2 is 1.77 bits per heavy atom. The molecule has 0 aliphatic carbocycles. The summed E-state index contributed by atoms with van der Waals surface area (Å²) in [6.45, 7) is 6.56. The van der Waals surface area contributed by atoms with Gasteiger partial charge in [-0.05, 0) is 54.5 Å². The summed E-state index contributed by atoms with van der Waals surface area (Å²) in [5.74, 6) is 0. The number of aryl methyl sites for hydroxylation is 1. The van der Waals surface area contributed by atoms with Gasteiger partial charge in [-0.3, -0.25) is 5.14 Å². The van der Waals surface area contributed by atoms with E-state index in [4.69, 9.17) is 5.14 Å². The van der Waals surface area contributed by atoms with Crippen molar-refractivity contribution in [2.45, 2.75) is 38.5 Å². The van der Waals surface area contributed by atoms with E-state index in [1.54, 1.807) is 0 Å². The summed E-state index contributed by atoms with van der Waals surface area (Å²) < 4.78 is 0. The van der Waals surface area contributed by atoms with Crippen molar-refractivity contribution in [2.75, 3.05) is 0 Å². The zero-order chi connectivity index (χ0) is 9.84. The minimum absolute atomic E-state index is 1.07. The fourth-order valence-corrected chi connectivity index (χ4v) is 2.34. The molecule has 13 heavy (non-hydrogen) atoms. The third-order valence-electron chi connectivity index (χ3n) is 2.46. The minimum atomic E-state index is 1.07. The molecule has 1 aromatic carbocycles. The summed E-state index contributed by atoms with van der Waals surface area (Å²) in [6.07, 6.45) is 2.17. The van der Waals surface area contributed by atoms with Gasteiger partial charge in [-0.15, -0.1) is 0 Å². The molecule has 0 saturated carbocycles. The van der Waals surface area contributed by atoms with Crippen molar-refractivity contribution in [1.82, 2.24) is 0 Å². The van der Waals surface area contributed by atoms with Gasteiger partial charge in [0.25, 0.3) is 0 Å². The molecule has 2 N–H and O–H groups in total. The molecular weight excluding hydrogens is 178 g/mol. The normalized spacial score (nSPS) is 10.5. The zero-order valence-corrected chi connectivity index (χ0v) is 9.37. The highest BCUT2D eigenvalue weighted by molar-refractivity contribution is 7.97. The van der Waals surface area contributed by atoms with Crippen molar-refractivity contribution >= 4 is 11.9 Å². The van der Waals surface area contributed by atoms with Crippen LogP contribution in [0.2, 0.25) is 0 Å². The molecule has 0 aromatic heterocycles. The Morgan fingerprint density at radius 3 is 2.23 bits per heavy atom. The second-order valence-corrected chi connectivity index (χ2v) is 3.84. The molecule has 0 bridgehead atoms. The van der Waals surface area contributed by atoms with E-state index < -0.39 is 0 Å². The maximum Gasteiger partial charge on any atom is 0.0260 e. The Morgan fingerprint density at radius 1 is 1.15 bits per heavy atom. The Labute approximate surface area is 84.9 Å². The summed E-state index contributed by atoms with van der Waals surface area (Å²) in [5, 5.41) is 5.62. The standard InChI is InChI=1S/C11H17NS/c1-4-9-8(3)6-7-11(13-12)10(9)5-2/h6-7H,4-5,12H2,1-3H3. The average Bonchev–Trinajstić information content (AvgIpc) is 2.17. The average molecular weight is 195 g/mol. The van der Waals surface area contributed by atoms with Crippen LogP contribution >= 0.6 is 11.9 Å². The van der Waals surface area contributed by atoms with Crippen LogP contribution in [0.1, 0.15) is 30.5 Å². The fraction of sp³-hybridized carbons (Fsp3) is 0.455. The summed E-state index contributed by atoms with van der Waals surface area (Å²) >= 11 is 1.36. The SMILES string of the molecule is CCc1c(C)ccc(SN)c1CC. The Kier molecular flexibility index (Phi) is 3.82. The van der Waals surface area contributed by atoms with Gasteiger partial charge in [0.15, 0.2) is 0 Å². The van der Waals surface area contributed by atoms with E-state index in [2.05, 4.69) is 32.9 Å². The molecule has 0 heterocycles. The van der Waals surface area contributed by atoms with Gasteiger partial charge in [0.2, 0.25) is 0 Å². The van der Waals surface area contributed by atoms with Gasteiger partial charge in [0, 0.05) is 4.90 Å². The molecule has 0 saturated heterocycles. The van der Waals surface area contributed by atoms with Crippen LogP contribution in [0.4, 0.5) is 0 Å². The molecular formula is C11H17NS. The van der Waals surface area contributed by atoms with Crippen LogP contribution < -0.4 is 5.14 Å². The van der Waals surface area contributed by atoms with E-state index in [1.807, 2.05) is 0 Å². The number of nitrogens with two attached hydrogens (primary N) is 1. The first-order valence-corrected chi connectivity index (χ1v) is 5.60. The first kappa shape index (κ1) is 10.6. The highest BCUT2D eigenvalue weighted by Gasteiger charge is 2.07. The molecule has 0 atom stereocenters. The largest absolute Gasteiger partial charge is 0.274 e. The molecule has 2 heteroatoms. The van der Waals surface area contributed by atoms with Crippen molar-refractivity contribution < 1.29 is 0 Å². The van der Waals surface area contributed by atoms with Gasteiger partial charge in [-0.25, -0.2) is 0 Å².